The van der Waals surface area contributed by atoms with Gasteiger partial charge in [0.15, 0.2) is 5.11 Å². The molecule has 0 saturated carbocycles. The summed E-state index contributed by atoms with van der Waals surface area (Å²) in [7, 11) is 0. The molecule has 0 spiro atoms. The molecule has 1 amide bonds. The highest BCUT2D eigenvalue weighted by Gasteiger charge is 2.30. The summed E-state index contributed by atoms with van der Waals surface area (Å²) >= 11 is 5.89. The predicted octanol–water partition coefficient (Wildman–Crippen LogP) is 7.58. The SMILES string of the molecule is CC(COC(=O)N1CCC(N(C(=S)Nc2ccccc2)c2ccccc2)CC1)N(Cc1ccccc1)Cc1ccccc1. The van der Waals surface area contributed by atoms with Gasteiger partial charge in [-0.2, -0.15) is 0 Å². The van der Waals surface area contributed by atoms with Gasteiger partial charge in [0, 0.05) is 49.6 Å². The summed E-state index contributed by atoms with van der Waals surface area (Å²) in [5.74, 6) is 0. The Morgan fingerprint density at radius 2 is 1.30 bits per heavy atom. The smallest absolute Gasteiger partial charge is 0.409 e. The van der Waals surface area contributed by atoms with E-state index in [1.807, 2.05) is 65.6 Å². The van der Waals surface area contributed by atoms with Crippen molar-refractivity contribution in [3.8, 4) is 0 Å². The minimum atomic E-state index is -0.249. The number of anilines is 2. The summed E-state index contributed by atoms with van der Waals surface area (Å²) in [4.78, 5) is 19.6. The number of nitrogens with one attached hydrogen (secondary N) is 1. The average Bonchev–Trinajstić information content (AvgIpc) is 3.05. The van der Waals surface area contributed by atoms with Gasteiger partial charge in [0.2, 0.25) is 0 Å². The molecular formula is C36H40N4O2S. The van der Waals surface area contributed by atoms with Gasteiger partial charge in [-0.05, 0) is 67.4 Å². The molecule has 6 nitrogen and oxygen atoms in total. The van der Waals surface area contributed by atoms with Gasteiger partial charge in [0.25, 0.3) is 0 Å². The molecule has 1 saturated heterocycles. The second kappa shape index (κ2) is 15.3. The van der Waals surface area contributed by atoms with E-state index in [9.17, 15) is 4.79 Å². The van der Waals surface area contributed by atoms with Crippen molar-refractivity contribution in [1.82, 2.24) is 9.80 Å². The number of para-hydroxylation sites is 2. The minimum Gasteiger partial charge on any atom is -0.448 e. The Kier molecular flexibility index (Phi) is 10.8. The first kappa shape index (κ1) is 30.3. The number of ether oxygens (including phenoxy) is 1. The zero-order chi connectivity index (χ0) is 29.9. The van der Waals surface area contributed by atoms with E-state index >= 15 is 0 Å². The molecule has 4 aromatic rings. The van der Waals surface area contributed by atoms with Gasteiger partial charge in [-0.3, -0.25) is 4.90 Å². The highest BCUT2D eigenvalue weighted by atomic mass is 32.1. The lowest BCUT2D eigenvalue weighted by Crippen LogP contribution is -2.50. The van der Waals surface area contributed by atoms with Crippen molar-refractivity contribution in [3.05, 3.63) is 132 Å². The number of carbonyl (C=O) groups excluding carboxylic acids is 1. The fourth-order valence-corrected chi connectivity index (χ4v) is 5.86. The van der Waals surface area contributed by atoms with Crippen LogP contribution in [0.5, 0.6) is 0 Å². The maximum Gasteiger partial charge on any atom is 0.409 e. The Balaban J connectivity index is 1.17. The number of nitrogens with zero attached hydrogens (tertiary/aromatic N) is 3. The number of hydrogen-bond donors (Lipinski definition) is 1. The van der Waals surface area contributed by atoms with E-state index in [4.69, 9.17) is 17.0 Å². The third-order valence-corrected chi connectivity index (χ3v) is 8.19. The zero-order valence-corrected chi connectivity index (χ0v) is 25.5. The molecule has 222 valence electrons. The quantitative estimate of drug-likeness (QED) is 0.192. The van der Waals surface area contributed by atoms with Crippen molar-refractivity contribution in [2.45, 2.75) is 44.9 Å². The van der Waals surface area contributed by atoms with Crippen molar-refractivity contribution in [1.29, 1.82) is 0 Å². The largest absolute Gasteiger partial charge is 0.448 e. The topological polar surface area (TPSA) is 48.1 Å². The molecular weight excluding hydrogens is 552 g/mol. The van der Waals surface area contributed by atoms with Crippen LogP contribution in [0.2, 0.25) is 0 Å². The van der Waals surface area contributed by atoms with Crippen LogP contribution in [0.15, 0.2) is 121 Å². The van der Waals surface area contributed by atoms with Crippen LogP contribution in [-0.4, -0.2) is 52.8 Å². The Labute approximate surface area is 260 Å². The van der Waals surface area contributed by atoms with E-state index in [1.54, 1.807) is 0 Å². The van der Waals surface area contributed by atoms with Gasteiger partial charge in [0.05, 0.1) is 0 Å². The summed E-state index contributed by atoms with van der Waals surface area (Å²) in [5, 5.41) is 4.05. The zero-order valence-electron chi connectivity index (χ0n) is 24.7. The van der Waals surface area contributed by atoms with Crippen molar-refractivity contribution in [2.75, 3.05) is 29.9 Å². The van der Waals surface area contributed by atoms with Crippen molar-refractivity contribution in [2.24, 2.45) is 0 Å². The van der Waals surface area contributed by atoms with E-state index in [2.05, 4.69) is 82.7 Å². The lowest BCUT2D eigenvalue weighted by molar-refractivity contribution is 0.0591. The van der Waals surface area contributed by atoms with E-state index in [0.717, 1.165) is 37.3 Å². The number of piperidine rings is 1. The third kappa shape index (κ3) is 8.66. The van der Waals surface area contributed by atoms with E-state index in [1.165, 1.54) is 11.1 Å². The van der Waals surface area contributed by atoms with Crippen LogP contribution in [0.1, 0.15) is 30.9 Å². The normalized spacial score (nSPS) is 14.2. The van der Waals surface area contributed by atoms with Crippen LogP contribution in [0, 0.1) is 0 Å². The van der Waals surface area contributed by atoms with Gasteiger partial charge in [-0.15, -0.1) is 0 Å². The number of amides is 1. The molecule has 1 N–H and O–H groups in total. The Morgan fingerprint density at radius 1 is 0.814 bits per heavy atom. The van der Waals surface area contributed by atoms with Gasteiger partial charge in [-0.1, -0.05) is 97.1 Å². The maximum absolute atomic E-state index is 13.2. The molecule has 1 fully saturated rings. The molecule has 1 aliphatic heterocycles. The molecule has 1 aliphatic rings. The summed E-state index contributed by atoms with van der Waals surface area (Å²) in [5.41, 5.74) is 4.47. The second-order valence-electron chi connectivity index (χ2n) is 11.0. The van der Waals surface area contributed by atoms with Gasteiger partial charge >= 0.3 is 6.09 Å². The number of likely N-dealkylation sites (tertiary alicyclic amines) is 1. The van der Waals surface area contributed by atoms with Crippen molar-refractivity contribution < 1.29 is 9.53 Å². The number of hydrogen-bond acceptors (Lipinski definition) is 4. The van der Waals surface area contributed by atoms with Gasteiger partial charge < -0.3 is 19.9 Å². The Morgan fingerprint density at radius 3 is 1.84 bits per heavy atom. The van der Waals surface area contributed by atoms with E-state index in [0.29, 0.717) is 24.8 Å². The highest BCUT2D eigenvalue weighted by molar-refractivity contribution is 7.80. The average molecular weight is 593 g/mol. The first-order chi connectivity index (χ1) is 21.1. The van der Waals surface area contributed by atoms with E-state index in [-0.39, 0.29) is 18.2 Å². The summed E-state index contributed by atoms with van der Waals surface area (Å²) in [6, 6.07) is 41.3. The van der Waals surface area contributed by atoms with Crippen LogP contribution in [0.4, 0.5) is 16.2 Å². The molecule has 5 rings (SSSR count). The fraction of sp³-hybridized carbons (Fsp3) is 0.278. The number of carbonyl (C=O) groups is 1. The predicted molar refractivity (Wildman–Crippen MR) is 179 cm³/mol. The molecule has 0 aliphatic carbocycles. The monoisotopic (exact) mass is 592 g/mol. The Hall–Kier alpha value is -4.20. The number of benzene rings is 4. The summed E-state index contributed by atoms with van der Waals surface area (Å²) in [6.07, 6.45) is 1.34. The molecule has 4 aromatic carbocycles. The standard InChI is InChI=1S/C36H40N4O2S/c1-29(39(26-30-14-6-2-7-15-30)27-31-16-8-3-9-17-31)28-42-36(41)38-24-22-34(23-25-38)40(33-20-12-5-13-21-33)35(43)37-32-18-10-4-11-19-32/h2-21,29,34H,22-28H2,1H3,(H,37,43). The molecule has 43 heavy (non-hydrogen) atoms. The van der Waals surface area contributed by atoms with Crippen LogP contribution in [0.25, 0.3) is 0 Å². The van der Waals surface area contributed by atoms with E-state index < -0.39 is 0 Å². The Bertz CT molecular complexity index is 1370. The van der Waals surface area contributed by atoms with Crippen LogP contribution < -0.4 is 10.2 Å². The second-order valence-corrected chi connectivity index (χ2v) is 11.4. The van der Waals surface area contributed by atoms with Crippen LogP contribution in [-0.2, 0) is 17.8 Å². The summed E-state index contributed by atoms with van der Waals surface area (Å²) < 4.78 is 5.90. The van der Waals surface area contributed by atoms with Gasteiger partial charge in [0.1, 0.15) is 6.61 Å². The molecule has 0 aromatic heterocycles. The molecule has 0 bridgehead atoms. The minimum absolute atomic E-state index is 0.0527. The first-order valence-corrected chi connectivity index (χ1v) is 15.4. The first-order valence-electron chi connectivity index (χ1n) is 15.0. The third-order valence-electron chi connectivity index (χ3n) is 7.89. The van der Waals surface area contributed by atoms with Gasteiger partial charge in [-0.25, -0.2) is 4.79 Å². The van der Waals surface area contributed by atoms with Crippen LogP contribution >= 0.6 is 12.2 Å². The van der Waals surface area contributed by atoms with Crippen molar-refractivity contribution in [3.63, 3.8) is 0 Å². The highest BCUT2D eigenvalue weighted by Crippen LogP contribution is 2.26. The molecule has 1 heterocycles. The molecule has 7 heteroatoms. The van der Waals surface area contributed by atoms with Crippen LogP contribution in [0.3, 0.4) is 0 Å². The number of thiocarbonyl (C=S) groups is 1. The van der Waals surface area contributed by atoms with Crippen molar-refractivity contribution >= 4 is 34.8 Å². The fourth-order valence-electron chi connectivity index (χ4n) is 5.49. The maximum atomic E-state index is 13.2. The summed E-state index contributed by atoms with van der Waals surface area (Å²) in [6.45, 7) is 5.27. The molecule has 1 unspecified atom stereocenters. The molecule has 1 atom stereocenters. The lowest BCUT2D eigenvalue weighted by Gasteiger charge is -2.39. The lowest BCUT2D eigenvalue weighted by atomic mass is 10.0. The molecule has 0 radical (unpaired) electrons. The number of rotatable bonds is 10.